The normalized spacial score (nSPS) is 17.0. The maximum atomic E-state index is 4.46. The Balaban J connectivity index is 0.00000261. The number of rotatable bonds is 5. The van der Waals surface area contributed by atoms with Gasteiger partial charge in [0.15, 0.2) is 5.96 Å². The van der Waals surface area contributed by atoms with Gasteiger partial charge in [0.2, 0.25) is 0 Å². The van der Waals surface area contributed by atoms with Gasteiger partial charge in [-0.1, -0.05) is 18.2 Å². The fraction of sp³-hybridized carbons (Fsp3) is 0.450. The van der Waals surface area contributed by atoms with E-state index < -0.39 is 0 Å². The SMILES string of the molecule is CN=C(NCC1CCN(c2ccccc2)C1)N(C)Cc1cc(Br)cn1C.I. The summed E-state index contributed by atoms with van der Waals surface area (Å²) in [5, 5.41) is 3.56. The lowest BCUT2D eigenvalue weighted by Gasteiger charge is -2.24. The van der Waals surface area contributed by atoms with Gasteiger partial charge in [0.1, 0.15) is 0 Å². The van der Waals surface area contributed by atoms with Crippen molar-refractivity contribution in [2.75, 3.05) is 38.6 Å². The lowest BCUT2D eigenvalue weighted by Crippen LogP contribution is -2.41. The Bertz CT molecular complexity index is 746. The van der Waals surface area contributed by atoms with Gasteiger partial charge in [0.05, 0.1) is 6.54 Å². The molecule has 7 heteroatoms. The van der Waals surface area contributed by atoms with Crippen LogP contribution in [0.25, 0.3) is 0 Å². The highest BCUT2D eigenvalue weighted by Crippen LogP contribution is 2.23. The van der Waals surface area contributed by atoms with Crippen LogP contribution in [0.1, 0.15) is 12.1 Å². The molecular weight excluding hydrogens is 517 g/mol. The number of benzene rings is 1. The number of aryl methyl sites for hydroxylation is 1. The van der Waals surface area contributed by atoms with Crippen LogP contribution < -0.4 is 10.2 Å². The summed E-state index contributed by atoms with van der Waals surface area (Å²) in [4.78, 5) is 9.10. The van der Waals surface area contributed by atoms with Crippen LogP contribution in [0.2, 0.25) is 0 Å². The first-order valence-electron chi connectivity index (χ1n) is 9.09. The molecule has 1 unspecified atom stereocenters. The molecule has 2 heterocycles. The average Bonchev–Trinajstić information content (AvgIpc) is 3.23. The minimum Gasteiger partial charge on any atom is -0.371 e. The van der Waals surface area contributed by atoms with Crippen LogP contribution in [-0.2, 0) is 13.6 Å². The zero-order valence-corrected chi connectivity index (χ0v) is 20.1. The molecule has 0 spiro atoms. The summed E-state index contributed by atoms with van der Waals surface area (Å²) >= 11 is 3.54. The number of halogens is 2. The summed E-state index contributed by atoms with van der Waals surface area (Å²) < 4.78 is 3.25. The molecule has 1 aliphatic rings. The Morgan fingerprint density at radius 1 is 1.33 bits per heavy atom. The first-order chi connectivity index (χ1) is 12.6. The van der Waals surface area contributed by atoms with Crippen LogP contribution in [0.5, 0.6) is 0 Å². The molecule has 0 saturated carbocycles. The predicted octanol–water partition coefficient (Wildman–Crippen LogP) is 3.94. The van der Waals surface area contributed by atoms with E-state index in [0.29, 0.717) is 5.92 Å². The van der Waals surface area contributed by atoms with E-state index in [-0.39, 0.29) is 24.0 Å². The Hall–Kier alpha value is -1.22. The maximum Gasteiger partial charge on any atom is 0.193 e. The Morgan fingerprint density at radius 3 is 2.70 bits per heavy atom. The van der Waals surface area contributed by atoms with Crippen molar-refractivity contribution in [2.45, 2.75) is 13.0 Å². The molecule has 1 atom stereocenters. The van der Waals surface area contributed by atoms with Gasteiger partial charge in [-0.25, -0.2) is 0 Å². The van der Waals surface area contributed by atoms with Crippen molar-refractivity contribution >= 4 is 51.6 Å². The minimum atomic E-state index is 0. The van der Waals surface area contributed by atoms with Crippen molar-refractivity contribution in [1.29, 1.82) is 0 Å². The Morgan fingerprint density at radius 2 is 2.07 bits per heavy atom. The number of aromatic nitrogens is 1. The van der Waals surface area contributed by atoms with Crippen molar-refractivity contribution in [3.05, 3.63) is 52.8 Å². The molecule has 0 bridgehead atoms. The lowest BCUT2D eigenvalue weighted by atomic mass is 10.1. The van der Waals surface area contributed by atoms with Crippen molar-refractivity contribution < 1.29 is 0 Å². The number of aliphatic imine (C=N–C) groups is 1. The van der Waals surface area contributed by atoms with Gasteiger partial charge < -0.3 is 19.7 Å². The molecule has 3 rings (SSSR count). The first-order valence-corrected chi connectivity index (χ1v) is 9.88. The van der Waals surface area contributed by atoms with E-state index in [9.17, 15) is 0 Å². The van der Waals surface area contributed by atoms with Gasteiger partial charge in [0.25, 0.3) is 0 Å². The highest BCUT2D eigenvalue weighted by molar-refractivity contribution is 14.0. The summed E-state index contributed by atoms with van der Waals surface area (Å²) in [6.07, 6.45) is 3.30. The van der Waals surface area contributed by atoms with E-state index in [4.69, 9.17) is 0 Å². The van der Waals surface area contributed by atoms with Crippen LogP contribution >= 0.6 is 39.9 Å². The van der Waals surface area contributed by atoms with Crippen LogP contribution in [0.15, 0.2) is 52.1 Å². The molecule has 1 aliphatic heterocycles. The van der Waals surface area contributed by atoms with Gasteiger partial charge in [0, 0.05) is 62.8 Å². The summed E-state index contributed by atoms with van der Waals surface area (Å²) in [6, 6.07) is 12.8. The van der Waals surface area contributed by atoms with Gasteiger partial charge >= 0.3 is 0 Å². The van der Waals surface area contributed by atoms with E-state index in [1.165, 1.54) is 17.8 Å². The third-order valence-electron chi connectivity index (χ3n) is 5.00. The first kappa shape index (κ1) is 22.1. The van der Waals surface area contributed by atoms with Crippen LogP contribution in [0.3, 0.4) is 0 Å². The molecule has 5 nitrogen and oxygen atoms in total. The summed E-state index contributed by atoms with van der Waals surface area (Å²) in [6.45, 7) is 4.00. The van der Waals surface area contributed by atoms with E-state index in [0.717, 1.165) is 36.6 Å². The molecule has 1 saturated heterocycles. The molecule has 1 aromatic heterocycles. The second-order valence-corrected chi connectivity index (χ2v) is 7.90. The second kappa shape index (κ2) is 10.4. The van der Waals surface area contributed by atoms with Crippen molar-refractivity contribution in [3.8, 4) is 0 Å². The number of nitrogens with one attached hydrogen (secondary N) is 1. The number of hydrogen-bond acceptors (Lipinski definition) is 2. The van der Waals surface area contributed by atoms with Crippen molar-refractivity contribution in [2.24, 2.45) is 18.0 Å². The van der Waals surface area contributed by atoms with Gasteiger partial charge in [-0.3, -0.25) is 4.99 Å². The highest BCUT2D eigenvalue weighted by Gasteiger charge is 2.23. The average molecular weight is 546 g/mol. The number of anilines is 1. The standard InChI is InChI=1S/C20H28BrN5.HI/c1-22-20(25(3)15-19-11-17(21)14-24(19)2)23-12-16-9-10-26(13-16)18-7-5-4-6-8-18;/h4-8,11,14,16H,9-10,12-13,15H2,1-3H3,(H,22,23);1H. The molecule has 1 N–H and O–H groups in total. The molecule has 1 aromatic carbocycles. The zero-order chi connectivity index (χ0) is 18.5. The summed E-state index contributed by atoms with van der Waals surface area (Å²) in [5.74, 6) is 1.59. The number of guanidine groups is 1. The van der Waals surface area contributed by atoms with Crippen LogP contribution in [0, 0.1) is 5.92 Å². The summed E-state index contributed by atoms with van der Waals surface area (Å²) in [7, 11) is 6.01. The van der Waals surface area contributed by atoms with Gasteiger partial charge in [-0.2, -0.15) is 0 Å². The molecule has 0 aliphatic carbocycles. The van der Waals surface area contributed by atoms with Crippen molar-refractivity contribution in [3.63, 3.8) is 0 Å². The van der Waals surface area contributed by atoms with Gasteiger partial charge in [-0.05, 0) is 46.5 Å². The maximum absolute atomic E-state index is 4.46. The Labute approximate surface area is 188 Å². The Kier molecular flexibility index (Phi) is 8.47. The smallest absolute Gasteiger partial charge is 0.193 e. The topological polar surface area (TPSA) is 35.8 Å². The van der Waals surface area contributed by atoms with E-state index >= 15 is 0 Å². The lowest BCUT2D eigenvalue weighted by molar-refractivity contribution is 0.450. The molecule has 2 aromatic rings. The fourth-order valence-electron chi connectivity index (χ4n) is 3.53. The van der Waals surface area contributed by atoms with E-state index in [1.807, 2.05) is 7.05 Å². The van der Waals surface area contributed by atoms with Crippen LogP contribution in [-0.4, -0.2) is 49.2 Å². The number of para-hydroxylation sites is 1. The molecule has 0 radical (unpaired) electrons. The third-order valence-corrected chi connectivity index (χ3v) is 5.44. The third kappa shape index (κ3) is 5.88. The minimum absolute atomic E-state index is 0. The summed E-state index contributed by atoms with van der Waals surface area (Å²) in [5.41, 5.74) is 2.57. The largest absolute Gasteiger partial charge is 0.371 e. The predicted molar refractivity (Wildman–Crippen MR) is 128 cm³/mol. The molecule has 0 amide bonds. The monoisotopic (exact) mass is 545 g/mol. The highest BCUT2D eigenvalue weighted by atomic mass is 127. The van der Waals surface area contributed by atoms with E-state index in [1.54, 1.807) is 0 Å². The second-order valence-electron chi connectivity index (χ2n) is 6.98. The fourth-order valence-corrected chi connectivity index (χ4v) is 4.11. The quantitative estimate of drug-likeness (QED) is 0.351. The molecular formula is C20H29BrIN5. The number of nitrogens with zero attached hydrogens (tertiary/aromatic N) is 4. The molecule has 27 heavy (non-hydrogen) atoms. The van der Waals surface area contributed by atoms with Crippen molar-refractivity contribution in [1.82, 2.24) is 14.8 Å². The van der Waals surface area contributed by atoms with E-state index in [2.05, 4.69) is 97.3 Å². The zero-order valence-electron chi connectivity index (χ0n) is 16.2. The van der Waals surface area contributed by atoms with Gasteiger partial charge in [-0.15, -0.1) is 24.0 Å². The molecule has 1 fully saturated rings. The number of hydrogen-bond donors (Lipinski definition) is 1. The molecule has 148 valence electrons. The van der Waals surface area contributed by atoms with Crippen LogP contribution in [0.4, 0.5) is 5.69 Å².